The fraction of sp³-hybridized carbons (Fsp3) is 0.200. The van der Waals surface area contributed by atoms with Gasteiger partial charge in [-0.05, 0) is 6.92 Å². The van der Waals surface area contributed by atoms with Gasteiger partial charge in [0, 0.05) is 0 Å². The molecule has 1 heterocycles. The molecule has 1 aromatic rings. The molecule has 13 heavy (non-hydrogen) atoms. The van der Waals surface area contributed by atoms with Crippen LogP contribution in [-0.2, 0) is 9.63 Å². The van der Waals surface area contributed by atoms with Crippen LogP contribution in [0.2, 0.25) is 0 Å². The van der Waals surface area contributed by atoms with Crippen LogP contribution < -0.4 is 0 Å². The number of nitrogens with zero attached hydrogens (tertiary/aromatic N) is 1. The molecule has 1 aromatic carbocycles. The Morgan fingerprint density at radius 2 is 2.00 bits per heavy atom. The normalized spacial score (nSPS) is 13.2. The minimum Gasteiger partial charge on any atom is -0.318 e. The van der Waals surface area contributed by atoms with E-state index in [1.54, 1.807) is 0 Å². The van der Waals surface area contributed by atoms with Gasteiger partial charge < -0.3 is 4.84 Å². The number of oxime groups is 1. The van der Waals surface area contributed by atoms with Crippen molar-refractivity contribution in [1.82, 2.24) is 0 Å². The average Bonchev–Trinajstić information content (AvgIpc) is 2.58. The number of rotatable bonds is 0. The lowest BCUT2D eigenvalue weighted by molar-refractivity contribution is -0.140. The summed E-state index contributed by atoms with van der Waals surface area (Å²) >= 11 is 0. The lowest BCUT2D eigenvalue weighted by atomic mass is 10.2. The first-order chi connectivity index (χ1) is 6.29. The van der Waals surface area contributed by atoms with Crippen LogP contribution in [0.15, 0.2) is 35.5 Å². The fourth-order valence-electron chi connectivity index (χ4n) is 0.780. The van der Waals surface area contributed by atoms with Gasteiger partial charge in [0.15, 0.2) is 0 Å². The van der Waals surface area contributed by atoms with E-state index in [0.29, 0.717) is 6.42 Å². The maximum absolute atomic E-state index is 9.90. The van der Waals surface area contributed by atoms with E-state index in [9.17, 15) is 4.79 Å². The fourth-order valence-corrected chi connectivity index (χ4v) is 0.780. The highest BCUT2D eigenvalue weighted by Gasteiger charge is 2.03. The van der Waals surface area contributed by atoms with Gasteiger partial charge in [-0.2, -0.15) is 0 Å². The van der Waals surface area contributed by atoms with Gasteiger partial charge in [0.1, 0.15) is 0 Å². The summed E-state index contributed by atoms with van der Waals surface area (Å²) in [6.07, 6.45) is 1.77. The summed E-state index contributed by atoms with van der Waals surface area (Å²) in [6.45, 7) is 2.08. The molecule has 2 rings (SSSR count). The quantitative estimate of drug-likeness (QED) is 0.568. The lowest BCUT2D eigenvalue weighted by Gasteiger charge is -1.82. The third-order valence-corrected chi connectivity index (χ3v) is 1.43. The molecule has 1 aliphatic rings. The van der Waals surface area contributed by atoms with Crippen molar-refractivity contribution in [3.63, 3.8) is 0 Å². The molecule has 1 aliphatic heterocycles. The number of hydrogen-bond acceptors (Lipinski definition) is 3. The maximum Gasteiger partial charge on any atom is 0.340 e. The molecule has 0 aliphatic carbocycles. The highest BCUT2D eigenvalue weighted by Crippen LogP contribution is 1.92. The Bertz CT molecular complexity index is 283. The molecule has 0 radical (unpaired) electrons. The van der Waals surface area contributed by atoms with Gasteiger partial charge in [-0.3, -0.25) is 0 Å². The molecular formula is C10H11NO2. The monoisotopic (exact) mass is 177 g/mol. The number of carbonyl (C=O) groups is 1. The number of benzene rings is 1. The maximum atomic E-state index is 9.90. The molecule has 0 saturated heterocycles. The van der Waals surface area contributed by atoms with Crippen LogP contribution in [-0.4, -0.2) is 12.2 Å². The molecule has 0 fully saturated rings. The van der Waals surface area contributed by atoms with Crippen LogP contribution in [0, 0.1) is 6.92 Å². The Kier molecular flexibility index (Phi) is 3.70. The predicted octanol–water partition coefficient (Wildman–Crippen LogP) is 1.91. The average molecular weight is 177 g/mol. The molecule has 68 valence electrons. The zero-order chi connectivity index (χ0) is 9.52. The highest BCUT2D eigenvalue weighted by atomic mass is 16.7. The second-order valence-electron chi connectivity index (χ2n) is 2.61. The Labute approximate surface area is 77.0 Å². The first-order valence-electron chi connectivity index (χ1n) is 4.02. The minimum absolute atomic E-state index is 0.269. The first-order valence-corrected chi connectivity index (χ1v) is 4.02. The van der Waals surface area contributed by atoms with Crippen molar-refractivity contribution >= 4 is 12.2 Å². The Morgan fingerprint density at radius 3 is 2.23 bits per heavy atom. The van der Waals surface area contributed by atoms with Crippen LogP contribution >= 0.6 is 0 Å². The second-order valence-corrected chi connectivity index (χ2v) is 2.61. The van der Waals surface area contributed by atoms with Crippen molar-refractivity contribution in [3.8, 4) is 0 Å². The van der Waals surface area contributed by atoms with Crippen LogP contribution in [0.5, 0.6) is 0 Å². The summed E-state index contributed by atoms with van der Waals surface area (Å²) in [6, 6.07) is 10.3. The summed E-state index contributed by atoms with van der Waals surface area (Å²) < 4.78 is 0. The van der Waals surface area contributed by atoms with Crippen LogP contribution in [0.4, 0.5) is 0 Å². The van der Waals surface area contributed by atoms with Crippen molar-refractivity contribution in [1.29, 1.82) is 0 Å². The van der Waals surface area contributed by atoms with Gasteiger partial charge in [0.25, 0.3) is 0 Å². The van der Waals surface area contributed by atoms with E-state index in [4.69, 9.17) is 0 Å². The van der Waals surface area contributed by atoms with E-state index in [1.807, 2.05) is 18.2 Å². The SMILES string of the molecule is Cc1ccccc1.O=C1CC=NO1. The van der Waals surface area contributed by atoms with Crippen LogP contribution in [0.3, 0.4) is 0 Å². The number of hydrogen-bond donors (Lipinski definition) is 0. The summed E-state index contributed by atoms with van der Waals surface area (Å²) in [5, 5.41) is 3.19. The van der Waals surface area contributed by atoms with Gasteiger partial charge in [0.2, 0.25) is 0 Å². The third kappa shape index (κ3) is 4.06. The molecule has 0 N–H and O–H groups in total. The van der Waals surface area contributed by atoms with Crippen LogP contribution in [0.1, 0.15) is 12.0 Å². The first kappa shape index (κ1) is 9.45. The van der Waals surface area contributed by atoms with Crippen LogP contribution in [0.25, 0.3) is 0 Å². The molecule has 0 bridgehead atoms. The summed E-state index contributed by atoms with van der Waals surface area (Å²) in [7, 11) is 0. The zero-order valence-electron chi connectivity index (χ0n) is 7.43. The predicted molar refractivity (Wildman–Crippen MR) is 50.4 cm³/mol. The summed E-state index contributed by atoms with van der Waals surface area (Å²) in [4.78, 5) is 14.0. The largest absolute Gasteiger partial charge is 0.340 e. The van der Waals surface area contributed by atoms with Gasteiger partial charge in [-0.15, -0.1) is 0 Å². The number of carbonyl (C=O) groups excluding carboxylic acids is 1. The molecule has 3 nitrogen and oxygen atoms in total. The second kappa shape index (κ2) is 5.09. The van der Waals surface area contributed by atoms with Gasteiger partial charge >= 0.3 is 5.97 Å². The van der Waals surface area contributed by atoms with Crippen molar-refractivity contribution in [3.05, 3.63) is 35.9 Å². The van der Waals surface area contributed by atoms with E-state index in [1.165, 1.54) is 11.8 Å². The molecule has 0 aromatic heterocycles. The topological polar surface area (TPSA) is 38.7 Å². The summed E-state index contributed by atoms with van der Waals surface area (Å²) in [5.74, 6) is -0.269. The van der Waals surface area contributed by atoms with Crippen molar-refractivity contribution in [2.75, 3.05) is 0 Å². The van der Waals surface area contributed by atoms with Gasteiger partial charge in [0.05, 0.1) is 12.6 Å². The summed E-state index contributed by atoms with van der Waals surface area (Å²) in [5.41, 5.74) is 1.32. The van der Waals surface area contributed by atoms with Crippen molar-refractivity contribution in [2.45, 2.75) is 13.3 Å². The zero-order valence-corrected chi connectivity index (χ0v) is 7.43. The van der Waals surface area contributed by atoms with Gasteiger partial charge in [-0.25, -0.2) is 4.79 Å². The smallest absolute Gasteiger partial charge is 0.318 e. The molecule has 3 heteroatoms. The molecule has 0 unspecified atom stereocenters. The lowest BCUT2D eigenvalue weighted by Crippen LogP contribution is -1.88. The molecule has 0 spiro atoms. The number of aryl methyl sites for hydroxylation is 1. The van der Waals surface area contributed by atoms with Crippen molar-refractivity contribution in [2.24, 2.45) is 5.16 Å². The Morgan fingerprint density at radius 1 is 1.31 bits per heavy atom. The molecular weight excluding hydrogens is 166 g/mol. The minimum atomic E-state index is -0.269. The Balaban J connectivity index is 0.000000132. The highest BCUT2D eigenvalue weighted by molar-refractivity contribution is 5.88. The van der Waals surface area contributed by atoms with E-state index < -0.39 is 0 Å². The third-order valence-electron chi connectivity index (χ3n) is 1.43. The van der Waals surface area contributed by atoms with E-state index in [0.717, 1.165) is 0 Å². The van der Waals surface area contributed by atoms with Crippen molar-refractivity contribution < 1.29 is 9.63 Å². The van der Waals surface area contributed by atoms with E-state index in [-0.39, 0.29) is 5.97 Å². The standard InChI is InChI=1S/C7H8.C3H3NO2/c1-7-5-3-2-4-6-7;5-3-1-2-4-6-3/h2-6H,1H3;2H,1H2. The van der Waals surface area contributed by atoms with Gasteiger partial charge in [-0.1, -0.05) is 41.1 Å². The molecule has 0 amide bonds. The molecule has 0 saturated carbocycles. The Hall–Kier alpha value is -1.64. The van der Waals surface area contributed by atoms with E-state index >= 15 is 0 Å². The molecule has 0 atom stereocenters. The van der Waals surface area contributed by atoms with E-state index in [2.05, 4.69) is 29.0 Å².